The summed E-state index contributed by atoms with van der Waals surface area (Å²) in [6, 6.07) is 15.2. The molecule has 0 unspecified atom stereocenters. The van der Waals surface area contributed by atoms with Gasteiger partial charge in [-0.25, -0.2) is 0 Å². The predicted octanol–water partition coefficient (Wildman–Crippen LogP) is 4.05. The molecule has 2 aromatic carbocycles. The highest BCUT2D eigenvalue weighted by Crippen LogP contribution is 2.26. The van der Waals surface area contributed by atoms with Gasteiger partial charge in [-0.05, 0) is 46.3 Å². The fraction of sp³-hybridized carbons (Fsp3) is 0. The molecule has 0 saturated carbocycles. The van der Waals surface area contributed by atoms with E-state index in [4.69, 9.17) is 11.7 Å². The Labute approximate surface area is 114 Å². The number of hydrogen-bond donors (Lipinski definition) is 1. The molecular weight excluding hydrogens is 288 g/mol. The second-order valence-electron chi connectivity index (χ2n) is 3.62. The molecule has 18 heavy (non-hydrogen) atoms. The Bertz CT molecular complexity index is 663. The number of benzene rings is 2. The number of nitriles is 1. The van der Waals surface area contributed by atoms with Crippen LogP contribution in [0.1, 0.15) is 11.1 Å². The van der Waals surface area contributed by atoms with Gasteiger partial charge >= 0.3 is 0 Å². The summed E-state index contributed by atoms with van der Waals surface area (Å²) in [6.45, 7) is 0. The molecule has 0 aliphatic heterocycles. The number of anilines is 2. The van der Waals surface area contributed by atoms with Crippen LogP contribution in [-0.4, -0.2) is 0 Å². The predicted molar refractivity (Wildman–Crippen MR) is 76.5 cm³/mol. The lowest BCUT2D eigenvalue weighted by Crippen LogP contribution is -1.94. The molecular formula is C15H9BrN2. The Balaban J connectivity index is 2.38. The summed E-state index contributed by atoms with van der Waals surface area (Å²) in [5.41, 5.74) is 2.98. The van der Waals surface area contributed by atoms with Crippen molar-refractivity contribution in [3.63, 3.8) is 0 Å². The van der Waals surface area contributed by atoms with Crippen LogP contribution >= 0.6 is 15.9 Å². The maximum absolute atomic E-state index is 9.13. The number of terminal acetylenes is 1. The van der Waals surface area contributed by atoms with E-state index < -0.39 is 0 Å². The highest BCUT2D eigenvalue weighted by Gasteiger charge is 2.05. The standard InChI is InChI=1S/C15H9BrN2/c1-2-11-5-3-6-12(9-11)18-15-8-4-7-14(16)13(15)10-17/h1,3-9,18H. The van der Waals surface area contributed by atoms with Crippen LogP contribution in [-0.2, 0) is 0 Å². The first kappa shape index (κ1) is 12.2. The molecule has 0 saturated heterocycles. The van der Waals surface area contributed by atoms with Gasteiger partial charge < -0.3 is 5.32 Å². The largest absolute Gasteiger partial charge is 0.354 e. The molecule has 2 rings (SSSR count). The van der Waals surface area contributed by atoms with Crippen molar-refractivity contribution < 1.29 is 0 Å². The van der Waals surface area contributed by atoms with Crippen LogP contribution in [0, 0.1) is 23.7 Å². The van der Waals surface area contributed by atoms with Crippen molar-refractivity contribution in [3.8, 4) is 18.4 Å². The number of rotatable bonds is 2. The maximum atomic E-state index is 9.13. The van der Waals surface area contributed by atoms with Crippen LogP contribution in [0.15, 0.2) is 46.9 Å². The van der Waals surface area contributed by atoms with E-state index in [9.17, 15) is 0 Å². The first-order chi connectivity index (χ1) is 8.74. The third kappa shape index (κ3) is 2.53. The number of hydrogen-bond acceptors (Lipinski definition) is 2. The summed E-state index contributed by atoms with van der Waals surface area (Å²) >= 11 is 3.35. The van der Waals surface area contributed by atoms with Crippen LogP contribution in [0.2, 0.25) is 0 Å². The van der Waals surface area contributed by atoms with Crippen LogP contribution in [0.25, 0.3) is 0 Å². The molecule has 3 heteroatoms. The van der Waals surface area contributed by atoms with Gasteiger partial charge in [-0.2, -0.15) is 5.26 Å². The zero-order valence-electron chi connectivity index (χ0n) is 9.44. The van der Waals surface area contributed by atoms with E-state index >= 15 is 0 Å². The minimum atomic E-state index is 0.573. The summed E-state index contributed by atoms with van der Waals surface area (Å²) in [5, 5.41) is 12.3. The molecule has 0 atom stereocenters. The van der Waals surface area contributed by atoms with Crippen molar-refractivity contribution in [2.75, 3.05) is 5.32 Å². The van der Waals surface area contributed by atoms with Crippen molar-refractivity contribution >= 4 is 27.3 Å². The molecule has 0 amide bonds. The molecule has 0 bridgehead atoms. The maximum Gasteiger partial charge on any atom is 0.103 e. The average molecular weight is 297 g/mol. The van der Waals surface area contributed by atoms with E-state index in [2.05, 4.69) is 33.2 Å². The zero-order chi connectivity index (χ0) is 13.0. The second-order valence-corrected chi connectivity index (χ2v) is 4.48. The molecule has 86 valence electrons. The Kier molecular flexibility index (Phi) is 3.67. The lowest BCUT2D eigenvalue weighted by Gasteiger charge is -2.09. The van der Waals surface area contributed by atoms with Gasteiger partial charge in [0.2, 0.25) is 0 Å². The molecule has 0 fully saturated rings. The summed E-state index contributed by atoms with van der Waals surface area (Å²) in [5.74, 6) is 2.58. The summed E-state index contributed by atoms with van der Waals surface area (Å²) < 4.78 is 0.767. The first-order valence-electron chi connectivity index (χ1n) is 5.27. The molecule has 0 aliphatic rings. The van der Waals surface area contributed by atoms with Crippen molar-refractivity contribution in [2.24, 2.45) is 0 Å². The Morgan fingerprint density at radius 1 is 1.17 bits per heavy atom. The highest BCUT2D eigenvalue weighted by atomic mass is 79.9. The monoisotopic (exact) mass is 296 g/mol. The number of nitrogens with zero attached hydrogens (tertiary/aromatic N) is 1. The van der Waals surface area contributed by atoms with Gasteiger partial charge in [-0.1, -0.05) is 18.1 Å². The van der Waals surface area contributed by atoms with Crippen LogP contribution < -0.4 is 5.32 Å². The van der Waals surface area contributed by atoms with Gasteiger partial charge in [0.1, 0.15) is 6.07 Å². The normalized spacial score (nSPS) is 9.28. The zero-order valence-corrected chi connectivity index (χ0v) is 11.0. The van der Waals surface area contributed by atoms with E-state index in [1.54, 1.807) is 0 Å². The minimum Gasteiger partial charge on any atom is -0.354 e. The second kappa shape index (κ2) is 5.40. The molecule has 0 aliphatic carbocycles. The highest BCUT2D eigenvalue weighted by molar-refractivity contribution is 9.10. The molecule has 2 aromatic rings. The number of halogens is 1. The Morgan fingerprint density at radius 3 is 2.67 bits per heavy atom. The number of nitrogens with one attached hydrogen (secondary N) is 1. The van der Waals surface area contributed by atoms with Gasteiger partial charge in [0, 0.05) is 15.7 Å². The van der Waals surface area contributed by atoms with E-state index in [1.165, 1.54) is 0 Å². The van der Waals surface area contributed by atoms with Crippen molar-refractivity contribution in [2.45, 2.75) is 0 Å². The lowest BCUT2D eigenvalue weighted by molar-refractivity contribution is 1.44. The Morgan fingerprint density at radius 2 is 1.94 bits per heavy atom. The third-order valence-corrected chi connectivity index (χ3v) is 3.09. The molecule has 2 nitrogen and oxygen atoms in total. The molecule has 0 radical (unpaired) electrons. The first-order valence-corrected chi connectivity index (χ1v) is 6.06. The van der Waals surface area contributed by atoms with Gasteiger partial charge in [-0.3, -0.25) is 0 Å². The van der Waals surface area contributed by atoms with Crippen LogP contribution in [0.5, 0.6) is 0 Å². The summed E-state index contributed by atoms with van der Waals surface area (Å²) in [4.78, 5) is 0. The average Bonchev–Trinajstić information content (AvgIpc) is 2.39. The molecule has 0 spiro atoms. The van der Waals surface area contributed by atoms with Gasteiger partial charge in [0.15, 0.2) is 0 Å². The van der Waals surface area contributed by atoms with E-state index in [-0.39, 0.29) is 0 Å². The topological polar surface area (TPSA) is 35.8 Å². The van der Waals surface area contributed by atoms with Crippen molar-refractivity contribution in [3.05, 3.63) is 58.1 Å². The van der Waals surface area contributed by atoms with Crippen LogP contribution in [0.4, 0.5) is 11.4 Å². The quantitative estimate of drug-likeness (QED) is 0.849. The smallest absolute Gasteiger partial charge is 0.103 e. The van der Waals surface area contributed by atoms with Gasteiger partial charge in [-0.15, -0.1) is 6.42 Å². The SMILES string of the molecule is C#Cc1cccc(Nc2cccc(Br)c2C#N)c1. The molecule has 1 N–H and O–H groups in total. The van der Waals surface area contributed by atoms with Crippen molar-refractivity contribution in [1.82, 2.24) is 0 Å². The lowest BCUT2D eigenvalue weighted by atomic mass is 10.1. The Hall–Kier alpha value is -2.23. The van der Waals surface area contributed by atoms with Gasteiger partial charge in [0.05, 0.1) is 11.3 Å². The van der Waals surface area contributed by atoms with Crippen LogP contribution in [0.3, 0.4) is 0 Å². The molecule has 0 heterocycles. The minimum absolute atomic E-state index is 0.573. The van der Waals surface area contributed by atoms with E-state index in [1.807, 2.05) is 42.5 Å². The third-order valence-electron chi connectivity index (χ3n) is 2.43. The van der Waals surface area contributed by atoms with E-state index in [0.717, 1.165) is 21.4 Å². The summed E-state index contributed by atoms with van der Waals surface area (Å²) in [7, 11) is 0. The fourth-order valence-electron chi connectivity index (χ4n) is 1.58. The van der Waals surface area contributed by atoms with E-state index in [0.29, 0.717) is 5.56 Å². The summed E-state index contributed by atoms with van der Waals surface area (Å²) in [6.07, 6.45) is 5.35. The van der Waals surface area contributed by atoms with Crippen molar-refractivity contribution in [1.29, 1.82) is 5.26 Å². The fourth-order valence-corrected chi connectivity index (χ4v) is 2.04. The molecule has 0 aromatic heterocycles. The van der Waals surface area contributed by atoms with Gasteiger partial charge in [0.25, 0.3) is 0 Å².